The van der Waals surface area contributed by atoms with Gasteiger partial charge in [-0.05, 0) is 83.5 Å². The maximum atomic E-state index is 5.22. The Balaban J connectivity index is 1.12. The van der Waals surface area contributed by atoms with Gasteiger partial charge in [-0.1, -0.05) is 170 Å². The third kappa shape index (κ3) is 5.28. The summed E-state index contributed by atoms with van der Waals surface area (Å²) >= 11 is 0. The molecule has 0 aliphatic rings. The summed E-state index contributed by atoms with van der Waals surface area (Å²) in [7, 11) is 0. The third-order valence-electron chi connectivity index (χ3n) is 10.1. The Labute approximate surface area is 301 Å². The van der Waals surface area contributed by atoms with Crippen LogP contribution in [-0.4, -0.2) is 15.0 Å². The maximum Gasteiger partial charge on any atom is 0.164 e. The molecule has 0 atom stereocenters. The number of nitrogens with zero attached hydrogens (tertiary/aromatic N) is 3. The minimum Gasteiger partial charge on any atom is -0.208 e. The van der Waals surface area contributed by atoms with Crippen LogP contribution >= 0.6 is 0 Å². The van der Waals surface area contributed by atoms with Crippen molar-refractivity contribution in [3.63, 3.8) is 0 Å². The van der Waals surface area contributed by atoms with Crippen LogP contribution in [-0.2, 0) is 0 Å². The van der Waals surface area contributed by atoms with Crippen LogP contribution in [0.5, 0.6) is 0 Å². The Morgan fingerprint density at radius 3 is 1.19 bits per heavy atom. The van der Waals surface area contributed by atoms with Crippen molar-refractivity contribution in [3.05, 3.63) is 188 Å². The minimum absolute atomic E-state index is 0.642. The molecule has 0 aliphatic heterocycles. The fourth-order valence-corrected chi connectivity index (χ4v) is 7.47. The molecule has 0 spiro atoms. The Morgan fingerprint density at radius 2 is 0.596 bits per heavy atom. The van der Waals surface area contributed by atoms with Crippen LogP contribution in [0.25, 0.3) is 99.5 Å². The number of aromatic nitrogens is 3. The van der Waals surface area contributed by atoms with E-state index in [1.54, 1.807) is 0 Å². The molecule has 3 nitrogen and oxygen atoms in total. The monoisotopic (exact) mass is 661 g/mol. The van der Waals surface area contributed by atoms with Crippen molar-refractivity contribution in [2.75, 3.05) is 0 Å². The minimum atomic E-state index is 0.642. The van der Waals surface area contributed by atoms with Crippen molar-refractivity contribution in [3.8, 4) is 56.4 Å². The molecule has 0 aliphatic carbocycles. The van der Waals surface area contributed by atoms with Gasteiger partial charge in [0.2, 0.25) is 0 Å². The van der Waals surface area contributed by atoms with E-state index in [2.05, 4.69) is 188 Å². The molecule has 242 valence electrons. The fraction of sp³-hybridized carbons (Fsp3) is 0. The van der Waals surface area contributed by atoms with E-state index in [-0.39, 0.29) is 0 Å². The summed E-state index contributed by atoms with van der Waals surface area (Å²) in [5.41, 5.74) is 7.52. The second-order valence-electron chi connectivity index (χ2n) is 13.2. The van der Waals surface area contributed by atoms with Crippen molar-refractivity contribution in [2.45, 2.75) is 0 Å². The lowest BCUT2D eigenvalue weighted by Gasteiger charge is -2.14. The van der Waals surface area contributed by atoms with E-state index in [0.717, 1.165) is 49.4 Å². The van der Waals surface area contributed by atoms with Gasteiger partial charge in [-0.2, -0.15) is 0 Å². The van der Waals surface area contributed by atoms with Crippen molar-refractivity contribution >= 4 is 43.1 Å². The highest BCUT2D eigenvalue weighted by molar-refractivity contribution is 5.99. The van der Waals surface area contributed by atoms with Gasteiger partial charge in [0, 0.05) is 16.7 Å². The smallest absolute Gasteiger partial charge is 0.164 e. The predicted octanol–water partition coefficient (Wildman–Crippen LogP) is 12.8. The molecule has 0 unspecified atom stereocenters. The fourth-order valence-electron chi connectivity index (χ4n) is 7.47. The van der Waals surface area contributed by atoms with Gasteiger partial charge in [0.05, 0.1) is 0 Å². The van der Waals surface area contributed by atoms with Crippen molar-refractivity contribution in [2.24, 2.45) is 0 Å². The van der Waals surface area contributed by atoms with Crippen LogP contribution < -0.4 is 0 Å². The highest BCUT2D eigenvalue weighted by Crippen LogP contribution is 2.37. The van der Waals surface area contributed by atoms with Crippen LogP contribution in [0.4, 0.5) is 0 Å². The van der Waals surface area contributed by atoms with Gasteiger partial charge >= 0.3 is 0 Å². The SMILES string of the molecule is c1ccc(-c2nc(-c3cccc4ccccc34)nc(-c3cccc4ccccc34)n2)c(-c2ccc3cc(-c4ccc5ccccc5c4)ccc3c2)c1. The molecule has 0 N–H and O–H groups in total. The topological polar surface area (TPSA) is 38.7 Å². The van der Waals surface area contributed by atoms with E-state index in [4.69, 9.17) is 15.0 Å². The number of hydrogen-bond donors (Lipinski definition) is 0. The molecule has 10 rings (SSSR count). The van der Waals surface area contributed by atoms with Gasteiger partial charge in [0.25, 0.3) is 0 Å². The van der Waals surface area contributed by atoms with Crippen molar-refractivity contribution < 1.29 is 0 Å². The van der Waals surface area contributed by atoms with Crippen LogP contribution in [0, 0.1) is 0 Å². The van der Waals surface area contributed by atoms with Gasteiger partial charge < -0.3 is 0 Å². The molecular weight excluding hydrogens is 631 g/mol. The summed E-state index contributed by atoms with van der Waals surface area (Å²) in [6.45, 7) is 0. The highest BCUT2D eigenvalue weighted by Gasteiger charge is 2.18. The summed E-state index contributed by atoms with van der Waals surface area (Å²) in [5, 5.41) is 9.39. The van der Waals surface area contributed by atoms with Gasteiger partial charge in [-0.3, -0.25) is 0 Å². The molecule has 0 fully saturated rings. The molecule has 9 aromatic carbocycles. The van der Waals surface area contributed by atoms with Crippen molar-refractivity contribution in [1.82, 2.24) is 15.0 Å². The number of fused-ring (bicyclic) bond motifs is 4. The molecule has 1 aromatic heterocycles. The lowest BCUT2D eigenvalue weighted by atomic mass is 9.94. The van der Waals surface area contributed by atoms with Gasteiger partial charge in [-0.25, -0.2) is 15.0 Å². The van der Waals surface area contributed by atoms with E-state index in [1.165, 1.54) is 32.7 Å². The maximum absolute atomic E-state index is 5.22. The number of hydrogen-bond acceptors (Lipinski definition) is 3. The van der Waals surface area contributed by atoms with E-state index >= 15 is 0 Å². The van der Waals surface area contributed by atoms with Crippen LogP contribution in [0.2, 0.25) is 0 Å². The first kappa shape index (κ1) is 29.9. The third-order valence-corrected chi connectivity index (χ3v) is 10.1. The largest absolute Gasteiger partial charge is 0.208 e. The van der Waals surface area contributed by atoms with Crippen LogP contribution in [0.3, 0.4) is 0 Å². The highest BCUT2D eigenvalue weighted by atomic mass is 15.0. The molecule has 0 bridgehead atoms. The Hall–Kier alpha value is -6.97. The Bertz CT molecular complexity index is 2870. The normalized spacial score (nSPS) is 11.5. The zero-order valence-corrected chi connectivity index (χ0v) is 28.2. The van der Waals surface area contributed by atoms with Crippen molar-refractivity contribution in [1.29, 1.82) is 0 Å². The molecule has 1 heterocycles. The van der Waals surface area contributed by atoms with E-state index < -0.39 is 0 Å². The second-order valence-corrected chi connectivity index (χ2v) is 13.2. The zero-order chi connectivity index (χ0) is 34.4. The summed E-state index contributed by atoms with van der Waals surface area (Å²) < 4.78 is 0. The average molecular weight is 662 g/mol. The van der Waals surface area contributed by atoms with E-state index in [1.807, 2.05) is 0 Å². The second kappa shape index (κ2) is 12.4. The van der Waals surface area contributed by atoms with Gasteiger partial charge in [0.1, 0.15) is 0 Å². The summed E-state index contributed by atoms with van der Waals surface area (Å²) in [6.07, 6.45) is 0. The summed E-state index contributed by atoms with van der Waals surface area (Å²) in [4.78, 5) is 15.6. The quantitative estimate of drug-likeness (QED) is 0.184. The molecule has 0 amide bonds. The number of rotatable bonds is 5. The molecule has 0 radical (unpaired) electrons. The molecule has 52 heavy (non-hydrogen) atoms. The van der Waals surface area contributed by atoms with Crippen LogP contribution in [0.1, 0.15) is 0 Å². The Kier molecular flexibility index (Phi) is 7.14. The first-order chi connectivity index (χ1) is 25.7. The van der Waals surface area contributed by atoms with Crippen LogP contribution in [0.15, 0.2) is 188 Å². The molecular formula is C49H31N3. The van der Waals surface area contributed by atoms with Gasteiger partial charge in [0.15, 0.2) is 17.5 Å². The lowest BCUT2D eigenvalue weighted by Crippen LogP contribution is -2.01. The number of benzene rings is 9. The zero-order valence-electron chi connectivity index (χ0n) is 28.2. The first-order valence-corrected chi connectivity index (χ1v) is 17.6. The molecule has 0 saturated carbocycles. The summed E-state index contributed by atoms with van der Waals surface area (Å²) in [5.74, 6) is 1.95. The van der Waals surface area contributed by atoms with Gasteiger partial charge in [-0.15, -0.1) is 0 Å². The molecule has 3 heteroatoms. The molecule has 10 aromatic rings. The lowest BCUT2D eigenvalue weighted by molar-refractivity contribution is 1.08. The summed E-state index contributed by atoms with van der Waals surface area (Å²) in [6, 6.07) is 66.5. The van der Waals surface area contributed by atoms with E-state index in [0.29, 0.717) is 17.5 Å². The van der Waals surface area contributed by atoms with E-state index in [9.17, 15) is 0 Å². The standard InChI is InChI=1S/C49H31N3/c1-2-14-35-29-36(24-23-32(35)11-1)37-25-26-39-31-40(28-27-38(39)30-37)43-19-7-8-20-44(43)47-50-48(45-21-9-15-33-12-3-5-17-41(33)45)52-49(51-47)46-22-10-16-34-13-4-6-18-42(34)46/h1-31H. The molecule has 0 saturated heterocycles. The average Bonchev–Trinajstić information content (AvgIpc) is 3.22. The predicted molar refractivity (Wildman–Crippen MR) is 217 cm³/mol. The Morgan fingerprint density at radius 1 is 0.231 bits per heavy atom. The first-order valence-electron chi connectivity index (χ1n) is 17.6.